The minimum atomic E-state index is -0.418. The van der Waals surface area contributed by atoms with E-state index < -0.39 is 4.92 Å². The normalized spacial score (nSPS) is 18.8. The molecule has 1 amide bonds. The maximum atomic E-state index is 13.3. The third-order valence-electron chi connectivity index (χ3n) is 5.32. The SMILES string of the molecule is O=C1[C@H](Cc2ccc([N+](=O)[O-])cc2)C[C@@H](c2ccccc2)N1c1ccc(Cl)cc1. The summed E-state index contributed by atoms with van der Waals surface area (Å²) in [6.45, 7) is 0. The van der Waals surface area contributed by atoms with E-state index in [1.54, 1.807) is 24.3 Å². The second-order valence-corrected chi connectivity index (χ2v) is 7.61. The van der Waals surface area contributed by atoms with Crippen LogP contribution in [0.1, 0.15) is 23.6 Å². The van der Waals surface area contributed by atoms with Crippen molar-refractivity contribution >= 4 is 28.9 Å². The summed E-state index contributed by atoms with van der Waals surface area (Å²) in [6, 6.07) is 23.7. The van der Waals surface area contributed by atoms with Crippen molar-refractivity contribution in [2.24, 2.45) is 5.92 Å². The van der Waals surface area contributed by atoms with Crippen LogP contribution in [0, 0.1) is 16.0 Å². The Morgan fingerprint density at radius 3 is 2.24 bits per heavy atom. The summed E-state index contributed by atoms with van der Waals surface area (Å²) in [4.78, 5) is 25.6. The highest BCUT2D eigenvalue weighted by atomic mass is 35.5. The quantitative estimate of drug-likeness (QED) is 0.410. The van der Waals surface area contributed by atoms with Gasteiger partial charge in [-0.2, -0.15) is 0 Å². The van der Waals surface area contributed by atoms with Crippen molar-refractivity contribution in [3.63, 3.8) is 0 Å². The molecule has 0 aliphatic carbocycles. The Labute approximate surface area is 173 Å². The molecule has 0 bridgehead atoms. The third-order valence-corrected chi connectivity index (χ3v) is 5.58. The number of carbonyl (C=O) groups is 1. The van der Waals surface area contributed by atoms with Gasteiger partial charge in [-0.1, -0.05) is 54.1 Å². The highest BCUT2D eigenvalue weighted by molar-refractivity contribution is 6.30. The Balaban J connectivity index is 1.63. The van der Waals surface area contributed by atoms with E-state index in [0.29, 0.717) is 17.9 Å². The van der Waals surface area contributed by atoms with Gasteiger partial charge in [0.2, 0.25) is 5.91 Å². The number of nitro benzene ring substituents is 1. The van der Waals surface area contributed by atoms with Gasteiger partial charge in [-0.3, -0.25) is 14.9 Å². The average Bonchev–Trinajstić information content (AvgIpc) is 3.06. The number of carbonyl (C=O) groups excluding carboxylic acids is 1. The molecule has 0 saturated carbocycles. The molecule has 1 aliphatic rings. The summed E-state index contributed by atoms with van der Waals surface area (Å²) in [5.74, 6) is -0.142. The van der Waals surface area contributed by atoms with E-state index in [-0.39, 0.29) is 23.6 Å². The van der Waals surface area contributed by atoms with Crippen LogP contribution < -0.4 is 4.90 Å². The summed E-state index contributed by atoms with van der Waals surface area (Å²) in [7, 11) is 0. The third kappa shape index (κ3) is 4.00. The summed E-state index contributed by atoms with van der Waals surface area (Å²) in [6.07, 6.45) is 1.23. The molecule has 0 N–H and O–H groups in total. The minimum absolute atomic E-state index is 0.0523. The molecule has 0 radical (unpaired) electrons. The Morgan fingerprint density at radius 1 is 0.966 bits per heavy atom. The molecule has 4 rings (SSSR count). The van der Waals surface area contributed by atoms with Gasteiger partial charge in [-0.15, -0.1) is 0 Å². The summed E-state index contributed by atoms with van der Waals surface area (Å²) < 4.78 is 0. The number of anilines is 1. The predicted octanol–water partition coefficient (Wildman–Crippen LogP) is 5.59. The fourth-order valence-electron chi connectivity index (χ4n) is 3.90. The lowest BCUT2D eigenvalue weighted by Crippen LogP contribution is -2.29. The zero-order chi connectivity index (χ0) is 20.4. The topological polar surface area (TPSA) is 63.4 Å². The van der Waals surface area contributed by atoms with Gasteiger partial charge in [0.15, 0.2) is 0 Å². The lowest BCUT2D eigenvalue weighted by molar-refractivity contribution is -0.384. The van der Waals surface area contributed by atoms with Crippen LogP contribution in [0.25, 0.3) is 0 Å². The van der Waals surface area contributed by atoms with Gasteiger partial charge in [0.1, 0.15) is 0 Å². The van der Waals surface area contributed by atoms with Crippen molar-refractivity contribution in [2.75, 3.05) is 4.90 Å². The Bertz CT molecular complexity index is 1020. The van der Waals surface area contributed by atoms with Gasteiger partial charge in [-0.25, -0.2) is 0 Å². The molecular weight excluding hydrogens is 388 g/mol. The molecule has 3 aromatic carbocycles. The van der Waals surface area contributed by atoms with Crippen LogP contribution in [-0.4, -0.2) is 10.8 Å². The molecule has 3 aromatic rings. The van der Waals surface area contributed by atoms with Crippen LogP contribution in [0.2, 0.25) is 5.02 Å². The molecule has 1 saturated heterocycles. The van der Waals surface area contributed by atoms with Crippen LogP contribution in [-0.2, 0) is 11.2 Å². The summed E-state index contributed by atoms with van der Waals surface area (Å²) in [5, 5.41) is 11.5. The van der Waals surface area contributed by atoms with E-state index in [1.165, 1.54) is 12.1 Å². The van der Waals surface area contributed by atoms with E-state index in [9.17, 15) is 14.9 Å². The maximum absolute atomic E-state index is 13.3. The zero-order valence-corrected chi connectivity index (χ0v) is 16.3. The zero-order valence-electron chi connectivity index (χ0n) is 15.6. The standard InChI is InChI=1S/C23H19ClN2O3/c24-19-8-12-20(13-9-19)25-22(17-4-2-1-3-5-17)15-18(23(25)27)14-16-6-10-21(11-7-16)26(28)29/h1-13,18,22H,14-15H2/t18-,22+/m1/s1. The van der Waals surface area contributed by atoms with Gasteiger partial charge in [0.05, 0.1) is 11.0 Å². The van der Waals surface area contributed by atoms with Crippen molar-refractivity contribution in [1.82, 2.24) is 0 Å². The van der Waals surface area contributed by atoms with Gasteiger partial charge < -0.3 is 4.90 Å². The molecule has 0 spiro atoms. The molecule has 1 aliphatic heterocycles. The Morgan fingerprint density at radius 2 is 1.62 bits per heavy atom. The van der Waals surface area contributed by atoms with E-state index in [1.807, 2.05) is 47.4 Å². The number of nitro groups is 1. The fraction of sp³-hybridized carbons (Fsp3) is 0.174. The first-order valence-corrected chi connectivity index (χ1v) is 9.77. The number of hydrogen-bond acceptors (Lipinski definition) is 3. The summed E-state index contributed by atoms with van der Waals surface area (Å²) >= 11 is 6.03. The van der Waals surface area contributed by atoms with Crippen LogP contribution in [0.4, 0.5) is 11.4 Å². The number of rotatable bonds is 5. The molecule has 1 fully saturated rings. The monoisotopic (exact) mass is 406 g/mol. The molecule has 0 aromatic heterocycles. The molecule has 6 heteroatoms. The van der Waals surface area contributed by atoms with E-state index >= 15 is 0 Å². The average molecular weight is 407 g/mol. The van der Waals surface area contributed by atoms with Crippen LogP contribution in [0.5, 0.6) is 0 Å². The Hall–Kier alpha value is -3.18. The number of amides is 1. The first kappa shape index (κ1) is 19.2. The molecule has 5 nitrogen and oxygen atoms in total. The highest BCUT2D eigenvalue weighted by Gasteiger charge is 2.40. The van der Waals surface area contributed by atoms with Gasteiger partial charge in [0.25, 0.3) is 5.69 Å². The van der Waals surface area contributed by atoms with E-state index in [0.717, 1.165) is 16.8 Å². The predicted molar refractivity (Wildman–Crippen MR) is 113 cm³/mol. The van der Waals surface area contributed by atoms with Crippen molar-refractivity contribution in [3.05, 3.63) is 105 Å². The first-order chi connectivity index (χ1) is 14.0. The number of halogens is 1. The number of nitrogens with zero attached hydrogens (tertiary/aromatic N) is 2. The van der Waals surface area contributed by atoms with Gasteiger partial charge in [0, 0.05) is 28.8 Å². The maximum Gasteiger partial charge on any atom is 0.269 e. The lowest BCUT2D eigenvalue weighted by atomic mass is 9.94. The van der Waals surface area contributed by atoms with Gasteiger partial charge in [-0.05, 0) is 48.2 Å². The molecule has 146 valence electrons. The number of hydrogen-bond donors (Lipinski definition) is 0. The Kier molecular flexibility index (Phi) is 5.32. The van der Waals surface area contributed by atoms with E-state index in [4.69, 9.17) is 11.6 Å². The fourth-order valence-corrected chi connectivity index (χ4v) is 4.03. The first-order valence-electron chi connectivity index (χ1n) is 9.40. The second kappa shape index (κ2) is 8.05. The second-order valence-electron chi connectivity index (χ2n) is 7.17. The van der Waals surface area contributed by atoms with Crippen LogP contribution in [0.3, 0.4) is 0 Å². The minimum Gasteiger partial charge on any atom is -0.305 e. The summed E-state index contributed by atoms with van der Waals surface area (Å²) in [5.41, 5.74) is 2.87. The van der Waals surface area contributed by atoms with E-state index in [2.05, 4.69) is 0 Å². The van der Waals surface area contributed by atoms with Crippen LogP contribution in [0.15, 0.2) is 78.9 Å². The molecular formula is C23H19ClN2O3. The van der Waals surface area contributed by atoms with Gasteiger partial charge >= 0.3 is 0 Å². The molecule has 1 heterocycles. The molecule has 29 heavy (non-hydrogen) atoms. The number of non-ortho nitro benzene ring substituents is 1. The highest BCUT2D eigenvalue weighted by Crippen LogP contribution is 2.41. The smallest absolute Gasteiger partial charge is 0.269 e. The molecule has 2 atom stereocenters. The largest absolute Gasteiger partial charge is 0.305 e. The van der Waals surface area contributed by atoms with Crippen molar-refractivity contribution in [1.29, 1.82) is 0 Å². The number of benzene rings is 3. The lowest BCUT2D eigenvalue weighted by Gasteiger charge is -2.25. The van der Waals surface area contributed by atoms with Crippen LogP contribution >= 0.6 is 11.6 Å². The van der Waals surface area contributed by atoms with Crippen molar-refractivity contribution in [2.45, 2.75) is 18.9 Å². The van der Waals surface area contributed by atoms with Crippen molar-refractivity contribution < 1.29 is 9.72 Å². The molecule has 0 unspecified atom stereocenters. The van der Waals surface area contributed by atoms with Crippen molar-refractivity contribution in [3.8, 4) is 0 Å².